The van der Waals surface area contributed by atoms with E-state index >= 15 is 0 Å². The van der Waals surface area contributed by atoms with Gasteiger partial charge in [0.1, 0.15) is 18.1 Å². The van der Waals surface area contributed by atoms with Crippen LogP contribution in [0, 0.1) is 6.92 Å². The third-order valence-electron chi connectivity index (χ3n) is 6.38. The summed E-state index contributed by atoms with van der Waals surface area (Å²) in [5.41, 5.74) is 2.32. The number of aryl methyl sites for hydroxylation is 2. The largest absolute Gasteiger partial charge is 0.481 e. The van der Waals surface area contributed by atoms with E-state index in [1.54, 1.807) is 0 Å². The predicted octanol–water partition coefficient (Wildman–Crippen LogP) is 2.05. The lowest BCUT2D eigenvalue weighted by atomic mass is 10.1. The molecule has 0 aromatic heterocycles. The number of amides is 4. The molecule has 1 rings (SSSR count). The van der Waals surface area contributed by atoms with Crippen molar-refractivity contribution < 1.29 is 54.0 Å². The lowest BCUT2D eigenvalue weighted by Crippen LogP contribution is -2.51. The van der Waals surface area contributed by atoms with Gasteiger partial charge in [-0.25, -0.2) is 19.2 Å². The quantitative estimate of drug-likeness (QED) is 0.0905. The summed E-state index contributed by atoms with van der Waals surface area (Å²) in [6.07, 6.45) is 0.903. The molecule has 15 nitrogen and oxygen atoms in total. The van der Waals surface area contributed by atoms with Crippen LogP contribution in [0.2, 0.25) is 0 Å². The van der Waals surface area contributed by atoms with Crippen LogP contribution in [0.15, 0.2) is 24.3 Å². The van der Waals surface area contributed by atoms with Gasteiger partial charge in [-0.3, -0.25) is 14.4 Å². The number of unbranched alkanes of at least 4 members (excludes halogenated alkanes) is 1. The molecule has 45 heavy (non-hydrogen) atoms. The number of carboxylic acid groups (broad SMARTS) is 4. The second-order valence-corrected chi connectivity index (χ2v) is 10.0. The summed E-state index contributed by atoms with van der Waals surface area (Å²) >= 11 is 0. The summed E-state index contributed by atoms with van der Waals surface area (Å²) in [5, 5.41) is 45.6. The van der Waals surface area contributed by atoms with Crippen LogP contribution >= 0.6 is 0 Å². The molecule has 1 aromatic carbocycles. The van der Waals surface area contributed by atoms with Gasteiger partial charge in [-0.1, -0.05) is 43.7 Å². The molecular formula is C30H46N4O11. The fourth-order valence-electron chi connectivity index (χ4n) is 3.94. The molecule has 8 N–H and O–H groups in total. The summed E-state index contributed by atoms with van der Waals surface area (Å²) in [6, 6.07) is 2.46. The van der Waals surface area contributed by atoms with Gasteiger partial charge in [-0.05, 0) is 57.4 Å². The Bertz CT molecular complexity index is 1130. The number of hydrogen-bond donors (Lipinski definition) is 8. The van der Waals surface area contributed by atoms with Crippen molar-refractivity contribution in [3.8, 4) is 0 Å². The zero-order chi connectivity index (χ0) is 34.4. The van der Waals surface area contributed by atoms with E-state index in [0.29, 0.717) is 32.2 Å². The average molecular weight is 639 g/mol. The molecular weight excluding hydrogens is 592 g/mol. The number of benzene rings is 1. The number of carbonyl (C=O) groups excluding carboxylic acids is 3. The first kappa shape index (κ1) is 40.3. The molecule has 3 unspecified atom stereocenters. The molecule has 0 aliphatic carbocycles. The van der Waals surface area contributed by atoms with Crippen molar-refractivity contribution in [2.45, 2.75) is 103 Å². The number of nitrogens with one attached hydrogen (secondary N) is 4. The van der Waals surface area contributed by atoms with Gasteiger partial charge in [0.05, 0.1) is 0 Å². The van der Waals surface area contributed by atoms with Crippen molar-refractivity contribution in [1.29, 1.82) is 0 Å². The fourth-order valence-corrected chi connectivity index (χ4v) is 3.94. The molecule has 252 valence electrons. The highest BCUT2D eigenvalue weighted by Crippen LogP contribution is 2.08. The van der Waals surface area contributed by atoms with E-state index in [9.17, 15) is 43.8 Å². The van der Waals surface area contributed by atoms with Crippen LogP contribution in [0.4, 0.5) is 4.79 Å². The Labute approximate surface area is 262 Å². The first-order chi connectivity index (χ1) is 21.3. The predicted molar refractivity (Wildman–Crippen MR) is 163 cm³/mol. The maximum atomic E-state index is 12.3. The third kappa shape index (κ3) is 19.3. The van der Waals surface area contributed by atoms with Crippen LogP contribution in [-0.4, -0.2) is 86.8 Å². The first-order valence-corrected chi connectivity index (χ1v) is 14.9. The lowest BCUT2D eigenvalue weighted by Gasteiger charge is -2.19. The molecule has 0 heterocycles. The van der Waals surface area contributed by atoms with Crippen molar-refractivity contribution in [3.63, 3.8) is 0 Å². The summed E-state index contributed by atoms with van der Waals surface area (Å²) in [5.74, 6) is -6.49. The van der Waals surface area contributed by atoms with Gasteiger partial charge < -0.3 is 41.7 Å². The summed E-state index contributed by atoms with van der Waals surface area (Å²) in [7, 11) is 0. The number of carboxylic acids is 4. The number of rotatable bonds is 21. The van der Waals surface area contributed by atoms with Gasteiger partial charge in [0.25, 0.3) is 0 Å². The smallest absolute Gasteiger partial charge is 0.326 e. The van der Waals surface area contributed by atoms with E-state index in [4.69, 9.17) is 10.2 Å². The molecule has 0 saturated carbocycles. The molecule has 0 saturated heterocycles. The maximum absolute atomic E-state index is 12.3. The number of urea groups is 1. The average Bonchev–Trinajstić information content (AvgIpc) is 2.98. The molecule has 15 heteroatoms. The SMILES string of the molecule is CC.Cc1ccc(CCCC(=O)NCCCCC(NC(=O)CCC(NC(=O)NC(CCC(=O)O)C(=O)O)C(=O)O)C(=O)O)cc1. The van der Waals surface area contributed by atoms with Crippen molar-refractivity contribution >= 4 is 41.7 Å². The molecule has 0 aliphatic rings. The first-order valence-electron chi connectivity index (χ1n) is 14.9. The van der Waals surface area contributed by atoms with Crippen molar-refractivity contribution in [1.82, 2.24) is 21.3 Å². The second kappa shape index (κ2) is 22.8. The number of hydrogen-bond acceptors (Lipinski definition) is 7. The van der Waals surface area contributed by atoms with E-state index in [1.807, 2.05) is 55.7 Å². The Morgan fingerprint density at radius 3 is 1.64 bits per heavy atom. The molecule has 1 aromatic rings. The van der Waals surface area contributed by atoms with E-state index in [0.717, 1.165) is 12.0 Å². The van der Waals surface area contributed by atoms with Gasteiger partial charge in [-0.15, -0.1) is 0 Å². The number of carbonyl (C=O) groups is 7. The van der Waals surface area contributed by atoms with E-state index in [2.05, 4.69) is 10.6 Å². The van der Waals surface area contributed by atoms with Crippen LogP contribution < -0.4 is 21.3 Å². The van der Waals surface area contributed by atoms with Gasteiger partial charge in [0, 0.05) is 25.8 Å². The number of aliphatic carboxylic acids is 4. The molecule has 3 atom stereocenters. The fraction of sp³-hybridized carbons (Fsp3) is 0.567. The van der Waals surface area contributed by atoms with Gasteiger partial charge in [-0.2, -0.15) is 0 Å². The van der Waals surface area contributed by atoms with Crippen LogP contribution in [0.1, 0.15) is 82.8 Å². The molecule has 0 radical (unpaired) electrons. The zero-order valence-corrected chi connectivity index (χ0v) is 26.0. The third-order valence-corrected chi connectivity index (χ3v) is 6.38. The minimum atomic E-state index is -1.61. The Balaban J connectivity index is 0.00000947. The molecule has 4 amide bonds. The highest BCUT2D eigenvalue weighted by Gasteiger charge is 2.26. The maximum Gasteiger partial charge on any atom is 0.326 e. The second-order valence-electron chi connectivity index (χ2n) is 10.0. The van der Waals surface area contributed by atoms with E-state index in [-0.39, 0.29) is 12.3 Å². The summed E-state index contributed by atoms with van der Waals surface area (Å²) < 4.78 is 0. The summed E-state index contributed by atoms with van der Waals surface area (Å²) in [4.78, 5) is 81.3. The minimum Gasteiger partial charge on any atom is -0.481 e. The van der Waals surface area contributed by atoms with E-state index < -0.39 is 79.6 Å². The van der Waals surface area contributed by atoms with Crippen molar-refractivity contribution in [2.75, 3.05) is 6.54 Å². The van der Waals surface area contributed by atoms with Gasteiger partial charge >= 0.3 is 29.9 Å². The normalized spacial score (nSPS) is 12.2. The Kier molecular flexibility index (Phi) is 20.4. The molecule has 0 aliphatic heterocycles. The Morgan fingerprint density at radius 1 is 0.622 bits per heavy atom. The summed E-state index contributed by atoms with van der Waals surface area (Å²) in [6.45, 7) is 6.35. The van der Waals surface area contributed by atoms with Crippen LogP contribution in [0.25, 0.3) is 0 Å². The monoisotopic (exact) mass is 638 g/mol. The standard InChI is InChI=1S/C28H40N4O11.C2H6/c1-17-8-10-18(11-9-17)5-4-7-22(33)29-16-3-2-6-19(25(37)38)30-23(34)14-12-20(26(39)40)31-28(43)32-21(27(41)42)13-15-24(35)36;1-2/h8-11,19-21H,2-7,12-16H2,1H3,(H,29,33)(H,30,34)(H,35,36)(H,37,38)(H,39,40)(H,41,42)(H2,31,32,43);1-2H3. The molecule has 0 fully saturated rings. The van der Waals surface area contributed by atoms with Crippen molar-refractivity contribution in [2.24, 2.45) is 0 Å². The van der Waals surface area contributed by atoms with Gasteiger partial charge in [0.15, 0.2) is 0 Å². The molecule has 0 spiro atoms. The Hall–Kier alpha value is -4.69. The highest BCUT2D eigenvalue weighted by atomic mass is 16.4. The molecule has 0 bridgehead atoms. The van der Waals surface area contributed by atoms with Crippen LogP contribution in [0.3, 0.4) is 0 Å². The zero-order valence-electron chi connectivity index (χ0n) is 26.0. The highest BCUT2D eigenvalue weighted by molar-refractivity contribution is 5.87. The van der Waals surface area contributed by atoms with Gasteiger partial charge in [0.2, 0.25) is 11.8 Å². The van der Waals surface area contributed by atoms with E-state index in [1.165, 1.54) is 5.56 Å². The van der Waals surface area contributed by atoms with Crippen molar-refractivity contribution in [3.05, 3.63) is 35.4 Å². The van der Waals surface area contributed by atoms with Crippen LogP contribution in [-0.2, 0) is 35.2 Å². The minimum absolute atomic E-state index is 0.0697. The lowest BCUT2D eigenvalue weighted by molar-refractivity contribution is -0.142. The Morgan fingerprint density at radius 2 is 1.13 bits per heavy atom. The van der Waals surface area contributed by atoms with Crippen LogP contribution in [0.5, 0.6) is 0 Å². The topological polar surface area (TPSA) is 249 Å².